The minimum atomic E-state index is -4.10. The van der Waals surface area contributed by atoms with Crippen LogP contribution in [0, 0.1) is 12.7 Å². The highest BCUT2D eigenvalue weighted by Gasteiger charge is 2.52. The molecule has 16 heteroatoms. The molecule has 5 heterocycles. The molecule has 268 valence electrons. The second-order valence-corrected chi connectivity index (χ2v) is 17.3. The number of nitrogens with one attached hydrogen (secondary N) is 1. The van der Waals surface area contributed by atoms with Gasteiger partial charge in [0.1, 0.15) is 34.3 Å². The average molecular weight is 731 g/mol. The van der Waals surface area contributed by atoms with Crippen molar-refractivity contribution in [1.82, 2.24) is 18.8 Å². The fourth-order valence-electron chi connectivity index (χ4n) is 6.95. The molecule has 1 saturated carbocycles. The first-order valence-electron chi connectivity index (χ1n) is 16.5. The number of thiophene rings is 1. The summed E-state index contributed by atoms with van der Waals surface area (Å²) in [6.07, 6.45) is 5.49. The topological polar surface area (TPSA) is 161 Å². The first-order chi connectivity index (χ1) is 23.6. The van der Waals surface area contributed by atoms with Gasteiger partial charge in [-0.05, 0) is 90.0 Å². The van der Waals surface area contributed by atoms with E-state index in [1.165, 1.54) is 63.1 Å². The van der Waals surface area contributed by atoms with Gasteiger partial charge in [0.15, 0.2) is 0 Å². The van der Waals surface area contributed by atoms with Crippen LogP contribution in [0.15, 0.2) is 44.7 Å². The summed E-state index contributed by atoms with van der Waals surface area (Å²) >= 11 is 1.11. The van der Waals surface area contributed by atoms with Crippen LogP contribution in [-0.2, 0) is 36.4 Å². The maximum absolute atomic E-state index is 14.9. The third-order valence-corrected chi connectivity index (χ3v) is 13.7. The summed E-state index contributed by atoms with van der Waals surface area (Å²) in [6.45, 7) is 5.66. The minimum Gasteiger partial charge on any atom is -0.496 e. The number of halogens is 1. The van der Waals surface area contributed by atoms with Gasteiger partial charge in [-0.15, -0.1) is 11.3 Å². The van der Waals surface area contributed by atoms with Gasteiger partial charge in [-0.25, -0.2) is 27.2 Å². The molecule has 2 bridgehead atoms. The highest BCUT2D eigenvalue weighted by atomic mass is 32.2. The van der Waals surface area contributed by atoms with E-state index in [0.29, 0.717) is 47.4 Å². The first kappa shape index (κ1) is 34.6. The number of hydrogen-bond donors (Lipinski definition) is 1. The number of ether oxygens (including phenoxy) is 3. The van der Waals surface area contributed by atoms with E-state index >= 15 is 0 Å². The van der Waals surface area contributed by atoms with Crippen LogP contribution < -0.4 is 20.7 Å². The molecule has 7 rings (SSSR count). The first-order valence-corrected chi connectivity index (χ1v) is 18.8. The third-order valence-electron chi connectivity index (χ3n) is 10.3. The summed E-state index contributed by atoms with van der Waals surface area (Å²) in [6, 6.07) is 4.05. The van der Waals surface area contributed by atoms with Gasteiger partial charge in [-0.1, -0.05) is 0 Å². The molecule has 0 spiro atoms. The predicted octanol–water partition coefficient (Wildman–Crippen LogP) is 4.54. The number of aromatic nitrogens is 3. The van der Waals surface area contributed by atoms with Crippen molar-refractivity contribution in [3.8, 4) is 16.5 Å². The SMILES string of the molecule is COc1ccc(F)cc1[C@H](Cn1c(=O)n(C(C)(C)C(=O)NS(=O)(=O)C2(C)CC2)c(=O)c2c(C)c(-c3ncco3)sc21)OC1C[C@H]2CC[C@H](C1)O2. The summed E-state index contributed by atoms with van der Waals surface area (Å²) < 4.78 is 68.1. The number of rotatable bonds is 11. The minimum absolute atomic E-state index is 0.0296. The molecule has 3 fully saturated rings. The number of oxazole rings is 1. The Morgan fingerprint density at radius 2 is 1.92 bits per heavy atom. The van der Waals surface area contributed by atoms with E-state index < -0.39 is 49.4 Å². The quantitative estimate of drug-likeness (QED) is 0.232. The highest BCUT2D eigenvalue weighted by Crippen LogP contribution is 2.43. The summed E-state index contributed by atoms with van der Waals surface area (Å²) in [5, 5.41) is 0.120. The van der Waals surface area contributed by atoms with Gasteiger partial charge in [0, 0.05) is 5.56 Å². The second kappa shape index (κ2) is 12.4. The summed E-state index contributed by atoms with van der Waals surface area (Å²) in [5.41, 5.74) is -2.83. The lowest BCUT2D eigenvalue weighted by Gasteiger charge is -2.33. The largest absolute Gasteiger partial charge is 0.496 e. The van der Waals surface area contributed by atoms with E-state index in [0.717, 1.165) is 28.7 Å². The molecule has 1 aromatic carbocycles. The maximum atomic E-state index is 14.9. The van der Waals surface area contributed by atoms with E-state index in [-0.39, 0.29) is 41.0 Å². The van der Waals surface area contributed by atoms with Gasteiger partial charge < -0.3 is 18.6 Å². The zero-order chi connectivity index (χ0) is 35.7. The number of carbonyl (C=O) groups is 1. The van der Waals surface area contributed by atoms with Crippen molar-refractivity contribution >= 4 is 37.5 Å². The number of methoxy groups -OCH3 is 1. The Morgan fingerprint density at radius 1 is 1.22 bits per heavy atom. The van der Waals surface area contributed by atoms with E-state index in [9.17, 15) is 27.2 Å². The fourth-order valence-corrected chi connectivity index (χ4v) is 9.57. The summed E-state index contributed by atoms with van der Waals surface area (Å²) in [4.78, 5) is 47.9. The maximum Gasteiger partial charge on any atom is 0.333 e. The van der Waals surface area contributed by atoms with Crippen LogP contribution in [0.3, 0.4) is 0 Å². The zero-order valence-corrected chi connectivity index (χ0v) is 30.0. The van der Waals surface area contributed by atoms with Crippen molar-refractivity contribution in [3.05, 3.63) is 68.4 Å². The fraction of sp³-hybridized carbons (Fsp3) is 0.529. The third kappa shape index (κ3) is 5.89. The second-order valence-electron chi connectivity index (χ2n) is 14.1. The molecule has 1 N–H and O–H groups in total. The van der Waals surface area contributed by atoms with Gasteiger partial charge in [-0.3, -0.25) is 18.9 Å². The molecule has 0 radical (unpaired) electrons. The molecule has 4 aromatic rings. The number of benzene rings is 1. The Labute approximate surface area is 291 Å². The number of carbonyl (C=O) groups excluding carboxylic acids is 1. The molecular formula is C34H39FN4O9S2. The molecule has 3 aliphatic rings. The lowest BCUT2D eigenvalue weighted by molar-refractivity contribution is -0.126. The average Bonchev–Trinajstić information content (AvgIpc) is 3.35. The van der Waals surface area contributed by atoms with E-state index in [4.69, 9.17) is 18.6 Å². The van der Waals surface area contributed by atoms with Crippen LogP contribution in [-0.4, -0.2) is 58.6 Å². The highest BCUT2D eigenvalue weighted by molar-refractivity contribution is 7.91. The predicted molar refractivity (Wildman–Crippen MR) is 182 cm³/mol. The lowest BCUT2D eigenvalue weighted by Crippen LogP contribution is -2.57. The number of amides is 1. The van der Waals surface area contributed by atoms with Crippen molar-refractivity contribution in [3.63, 3.8) is 0 Å². The van der Waals surface area contributed by atoms with Crippen LogP contribution in [0.4, 0.5) is 4.39 Å². The smallest absolute Gasteiger partial charge is 0.333 e. The van der Waals surface area contributed by atoms with E-state index in [1.807, 2.05) is 0 Å². The van der Waals surface area contributed by atoms with Gasteiger partial charge in [0.25, 0.3) is 11.5 Å². The molecule has 3 atom stereocenters. The Hall–Kier alpha value is -3.86. The van der Waals surface area contributed by atoms with Gasteiger partial charge in [0.2, 0.25) is 15.9 Å². The molecule has 1 aliphatic carbocycles. The Kier molecular flexibility index (Phi) is 8.59. The van der Waals surface area contributed by atoms with Crippen molar-refractivity contribution in [2.75, 3.05) is 7.11 Å². The molecule has 13 nitrogen and oxygen atoms in total. The number of nitrogens with zero attached hydrogens (tertiary/aromatic N) is 3. The normalized spacial score (nSPS) is 22.1. The molecule has 3 aromatic heterocycles. The number of aryl methyl sites for hydroxylation is 1. The molecule has 2 aliphatic heterocycles. The van der Waals surface area contributed by atoms with Crippen molar-refractivity contribution in [2.24, 2.45) is 0 Å². The van der Waals surface area contributed by atoms with Crippen LogP contribution in [0.25, 0.3) is 21.0 Å². The Bertz CT molecular complexity index is 2190. The monoisotopic (exact) mass is 730 g/mol. The number of fused-ring (bicyclic) bond motifs is 3. The van der Waals surface area contributed by atoms with Crippen LogP contribution >= 0.6 is 11.3 Å². The molecule has 0 unspecified atom stereocenters. The lowest BCUT2D eigenvalue weighted by atomic mass is 10.0. The van der Waals surface area contributed by atoms with Crippen LogP contribution in [0.1, 0.15) is 76.5 Å². The number of hydrogen-bond acceptors (Lipinski definition) is 11. The van der Waals surface area contributed by atoms with Gasteiger partial charge >= 0.3 is 5.69 Å². The summed E-state index contributed by atoms with van der Waals surface area (Å²) in [5.74, 6) is -1.00. The van der Waals surface area contributed by atoms with Crippen LogP contribution in [0.5, 0.6) is 5.75 Å². The zero-order valence-electron chi connectivity index (χ0n) is 28.4. The summed E-state index contributed by atoms with van der Waals surface area (Å²) in [7, 11) is -2.64. The Morgan fingerprint density at radius 3 is 2.54 bits per heavy atom. The van der Waals surface area contributed by atoms with Crippen molar-refractivity contribution < 1.29 is 36.2 Å². The molecule has 50 heavy (non-hydrogen) atoms. The molecule has 1 amide bonds. The molecular weight excluding hydrogens is 692 g/mol. The Balaban J connectivity index is 1.40. The standard InChI is InChI=1S/C34H39FN4O9S2/c1-18-26-29(40)39(33(2,3)31(41)37-50(43,44)34(4)10-11-34)32(42)38(30(26)49-27(18)28-36-12-13-46-28)17-25(23-14-19(35)6-9-24(23)45-5)48-22-15-20-7-8-21(16-22)47-20/h6,9,12-14,20-22,25H,7-8,10-11,15-17H2,1-5H3,(H,37,41)/t20-,21-,25+/m1/s1. The number of sulfonamides is 1. The van der Waals surface area contributed by atoms with E-state index in [1.54, 1.807) is 6.92 Å². The molecule has 2 saturated heterocycles. The van der Waals surface area contributed by atoms with Gasteiger partial charge in [0.05, 0.1) is 53.2 Å². The van der Waals surface area contributed by atoms with Crippen molar-refractivity contribution in [2.45, 2.75) is 107 Å². The van der Waals surface area contributed by atoms with Gasteiger partial charge in [-0.2, -0.15) is 0 Å². The van der Waals surface area contributed by atoms with Crippen LogP contribution in [0.2, 0.25) is 0 Å². The van der Waals surface area contributed by atoms with Crippen molar-refractivity contribution in [1.29, 1.82) is 0 Å². The van der Waals surface area contributed by atoms with E-state index in [2.05, 4.69) is 9.71 Å².